The number of benzene rings is 2. The molecule has 0 saturated carbocycles. The molecule has 5 nitrogen and oxygen atoms in total. The normalized spacial score (nSPS) is 12.3. The lowest BCUT2D eigenvalue weighted by molar-refractivity contribution is -0.143. The summed E-state index contributed by atoms with van der Waals surface area (Å²) in [6, 6.07) is 7.76. The maximum absolute atomic E-state index is 13.0. The van der Waals surface area contributed by atoms with E-state index in [4.69, 9.17) is 10.00 Å². The maximum atomic E-state index is 13.0. The molecule has 0 aromatic heterocycles. The van der Waals surface area contributed by atoms with Crippen molar-refractivity contribution >= 4 is 11.6 Å². The molecule has 0 bridgehead atoms. The van der Waals surface area contributed by atoms with Crippen LogP contribution in [0.15, 0.2) is 47.5 Å². The number of aliphatic imine (C=N–C) groups is 1. The molecule has 31 heavy (non-hydrogen) atoms. The van der Waals surface area contributed by atoms with Gasteiger partial charge in [0.2, 0.25) is 5.96 Å². The van der Waals surface area contributed by atoms with Gasteiger partial charge in [-0.15, -0.1) is 0 Å². The molecular weight excluding hydrogens is 426 g/mol. The first kappa shape index (κ1) is 23.9. The van der Waals surface area contributed by atoms with E-state index in [1.54, 1.807) is 30.5 Å². The predicted molar refractivity (Wildman–Crippen MR) is 102 cm³/mol. The first-order chi connectivity index (χ1) is 14.5. The lowest BCUT2D eigenvalue weighted by atomic mass is 10.0. The summed E-state index contributed by atoms with van der Waals surface area (Å²) in [5.41, 5.74) is -2.70. The van der Waals surface area contributed by atoms with E-state index in [0.29, 0.717) is 30.2 Å². The third-order valence-corrected chi connectivity index (χ3v) is 3.83. The monoisotopic (exact) mass is 444 g/mol. The van der Waals surface area contributed by atoms with E-state index in [2.05, 4.69) is 15.6 Å². The second-order valence-corrected chi connectivity index (χ2v) is 6.31. The van der Waals surface area contributed by atoms with Gasteiger partial charge in [-0.3, -0.25) is 5.32 Å². The van der Waals surface area contributed by atoms with Gasteiger partial charge in [-0.05, 0) is 54.4 Å². The summed E-state index contributed by atoms with van der Waals surface area (Å²) < 4.78 is 83.3. The molecule has 2 N–H and O–H groups in total. The second-order valence-electron chi connectivity index (χ2n) is 6.31. The van der Waals surface area contributed by atoms with Gasteiger partial charge < -0.3 is 10.1 Å². The number of anilines is 1. The van der Waals surface area contributed by atoms with Gasteiger partial charge in [0.15, 0.2) is 6.19 Å². The summed E-state index contributed by atoms with van der Waals surface area (Å²) in [5, 5.41) is 13.8. The van der Waals surface area contributed by atoms with Crippen molar-refractivity contribution in [1.29, 1.82) is 5.26 Å². The molecule has 0 aliphatic heterocycles. The average molecular weight is 444 g/mol. The molecule has 11 heteroatoms. The molecule has 0 aliphatic rings. The van der Waals surface area contributed by atoms with E-state index in [9.17, 15) is 26.3 Å². The summed E-state index contributed by atoms with van der Waals surface area (Å²) in [4.78, 5) is 3.90. The molecule has 0 atom stereocenters. The van der Waals surface area contributed by atoms with Crippen LogP contribution in [0.1, 0.15) is 30.0 Å². The molecule has 166 valence electrons. The van der Waals surface area contributed by atoms with Crippen LogP contribution < -0.4 is 15.4 Å². The van der Waals surface area contributed by atoms with Crippen LogP contribution in [0.2, 0.25) is 0 Å². The van der Waals surface area contributed by atoms with E-state index in [-0.39, 0.29) is 17.6 Å². The molecular formula is C20H18F6N4O. The quantitative estimate of drug-likeness (QED) is 0.202. The minimum Gasteiger partial charge on any atom is -0.494 e. The van der Waals surface area contributed by atoms with E-state index in [1.165, 1.54) is 0 Å². The molecule has 0 unspecified atom stereocenters. The minimum atomic E-state index is -4.95. The summed E-state index contributed by atoms with van der Waals surface area (Å²) in [6.07, 6.45) is -7.47. The van der Waals surface area contributed by atoms with E-state index in [1.807, 2.05) is 6.92 Å². The van der Waals surface area contributed by atoms with Crippen LogP contribution in [-0.2, 0) is 18.9 Å². The van der Waals surface area contributed by atoms with Crippen molar-refractivity contribution in [3.05, 3.63) is 59.2 Å². The number of hydrogen-bond donors (Lipinski definition) is 2. The molecule has 0 radical (unpaired) electrons. The fourth-order valence-corrected chi connectivity index (χ4v) is 2.44. The zero-order chi connectivity index (χ0) is 23.1. The summed E-state index contributed by atoms with van der Waals surface area (Å²) in [7, 11) is 0. The molecule has 2 aromatic carbocycles. The molecule has 0 aliphatic carbocycles. The van der Waals surface area contributed by atoms with Crippen molar-refractivity contribution in [2.45, 2.75) is 32.2 Å². The second kappa shape index (κ2) is 10.1. The Balaban J connectivity index is 2.24. The highest BCUT2D eigenvalue weighted by atomic mass is 19.4. The highest BCUT2D eigenvalue weighted by Crippen LogP contribution is 2.36. The molecule has 0 amide bonds. The molecule has 0 heterocycles. The molecule has 0 saturated heterocycles. The Morgan fingerprint density at radius 1 is 1.00 bits per heavy atom. The zero-order valence-corrected chi connectivity index (χ0v) is 16.2. The van der Waals surface area contributed by atoms with Gasteiger partial charge in [-0.25, -0.2) is 4.99 Å². The fraction of sp³-hybridized carbons (Fsp3) is 0.300. The van der Waals surface area contributed by atoms with Gasteiger partial charge in [0.05, 0.1) is 24.3 Å². The Bertz CT molecular complexity index is 914. The van der Waals surface area contributed by atoms with Gasteiger partial charge in [-0.2, -0.15) is 31.6 Å². The predicted octanol–water partition coefficient (Wildman–Crippen LogP) is 5.55. The number of nitrogens with zero attached hydrogens (tertiary/aromatic N) is 2. The SMILES string of the molecule is CCCOc1ccc(NC(=NCc2cc(C(F)(F)F)cc(C(F)(F)F)c2)NC#N)cc1. The van der Waals surface area contributed by atoms with Crippen molar-refractivity contribution < 1.29 is 31.1 Å². The van der Waals surface area contributed by atoms with Crippen molar-refractivity contribution in [3.8, 4) is 11.9 Å². The lowest BCUT2D eigenvalue weighted by Gasteiger charge is -2.14. The van der Waals surface area contributed by atoms with E-state index in [0.717, 1.165) is 6.42 Å². The molecule has 0 spiro atoms. The Kier molecular flexibility index (Phi) is 7.74. The maximum Gasteiger partial charge on any atom is 0.416 e. The number of ether oxygens (including phenoxy) is 1. The van der Waals surface area contributed by atoms with E-state index >= 15 is 0 Å². The largest absolute Gasteiger partial charge is 0.494 e. The fourth-order valence-electron chi connectivity index (χ4n) is 2.44. The lowest BCUT2D eigenvalue weighted by Crippen LogP contribution is -2.26. The van der Waals surface area contributed by atoms with Crippen LogP contribution in [0.3, 0.4) is 0 Å². The van der Waals surface area contributed by atoms with Crippen LogP contribution in [0, 0.1) is 11.5 Å². The third kappa shape index (κ3) is 7.40. The summed E-state index contributed by atoms with van der Waals surface area (Å²) >= 11 is 0. The number of guanidine groups is 1. The van der Waals surface area contributed by atoms with Crippen molar-refractivity contribution in [2.24, 2.45) is 4.99 Å². The average Bonchev–Trinajstić information content (AvgIpc) is 2.70. The number of nitrogens with one attached hydrogen (secondary N) is 2. The van der Waals surface area contributed by atoms with Gasteiger partial charge in [0, 0.05) is 5.69 Å². The van der Waals surface area contributed by atoms with Gasteiger partial charge in [0.1, 0.15) is 5.75 Å². The number of rotatable bonds is 6. The van der Waals surface area contributed by atoms with Crippen LogP contribution >= 0.6 is 0 Å². The first-order valence-corrected chi connectivity index (χ1v) is 9.00. The summed E-state index contributed by atoms with van der Waals surface area (Å²) in [6.45, 7) is 1.96. The van der Waals surface area contributed by atoms with Gasteiger partial charge >= 0.3 is 12.4 Å². The number of nitriles is 1. The summed E-state index contributed by atoms with van der Waals surface area (Å²) in [5.74, 6) is 0.471. The van der Waals surface area contributed by atoms with Crippen LogP contribution in [0.25, 0.3) is 0 Å². The Hall–Kier alpha value is -3.42. The topological polar surface area (TPSA) is 69.4 Å². The zero-order valence-electron chi connectivity index (χ0n) is 16.2. The minimum absolute atomic E-state index is 0.0437. The van der Waals surface area contributed by atoms with Crippen LogP contribution in [0.4, 0.5) is 32.0 Å². The van der Waals surface area contributed by atoms with Crippen molar-refractivity contribution in [3.63, 3.8) is 0 Å². The van der Waals surface area contributed by atoms with Gasteiger partial charge in [-0.1, -0.05) is 6.92 Å². The Morgan fingerprint density at radius 3 is 2.06 bits per heavy atom. The van der Waals surface area contributed by atoms with E-state index < -0.39 is 30.0 Å². The standard InChI is InChI=1S/C20H18F6N4O/c1-2-7-31-17-5-3-16(4-6-17)30-18(29-12-27)28-11-13-8-14(19(21,22)23)10-15(9-13)20(24,25)26/h3-6,8-10H,2,7,11H2,1H3,(H2,28,29,30). The van der Waals surface area contributed by atoms with Crippen molar-refractivity contribution in [1.82, 2.24) is 5.32 Å². The van der Waals surface area contributed by atoms with Crippen LogP contribution in [0.5, 0.6) is 5.75 Å². The Morgan fingerprint density at radius 2 is 1.58 bits per heavy atom. The van der Waals surface area contributed by atoms with Crippen LogP contribution in [-0.4, -0.2) is 12.6 Å². The third-order valence-electron chi connectivity index (χ3n) is 3.83. The van der Waals surface area contributed by atoms with Crippen molar-refractivity contribution in [2.75, 3.05) is 11.9 Å². The number of hydrogen-bond acceptors (Lipinski definition) is 3. The first-order valence-electron chi connectivity index (χ1n) is 9.00. The smallest absolute Gasteiger partial charge is 0.416 e. The Labute approximate surface area is 174 Å². The molecule has 2 aromatic rings. The molecule has 0 fully saturated rings. The number of alkyl halides is 6. The molecule has 2 rings (SSSR count). The number of halogens is 6. The highest BCUT2D eigenvalue weighted by Gasteiger charge is 2.36. The van der Waals surface area contributed by atoms with Gasteiger partial charge in [0.25, 0.3) is 0 Å². The highest BCUT2D eigenvalue weighted by molar-refractivity contribution is 5.94.